The van der Waals surface area contributed by atoms with Crippen LogP contribution in [0.3, 0.4) is 0 Å². The number of nitrogens with one attached hydrogen (secondary N) is 1. The van der Waals surface area contributed by atoms with Crippen LogP contribution in [0.25, 0.3) is 0 Å². The molecular formula is C14H17NO2. The minimum atomic E-state index is 0.207. The van der Waals surface area contributed by atoms with E-state index in [1.165, 1.54) is 5.56 Å². The van der Waals surface area contributed by atoms with Crippen LogP contribution >= 0.6 is 0 Å². The van der Waals surface area contributed by atoms with Crippen molar-refractivity contribution in [3.05, 3.63) is 54.0 Å². The van der Waals surface area contributed by atoms with E-state index in [9.17, 15) is 0 Å². The fourth-order valence-corrected chi connectivity index (χ4v) is 1.83. The van der Waals surface area contributed by atoms with Gasteiger partial charge in [-0.25, -0.2) is 0 Å². The number of benzene rings is 1. The molecule has 0 spiro atoms. The summed E-state index contributed by atoms with van der Waals surface area (Å²) in [5.41, 5.74) is 1.25. The van der Waals surface area contributed by atoms with Gasteiger partial charge in [0.15, 0.2) is 0 Å². The summed E-state index contributed by atoms with van der Waals surface area (Å²) in [6.45, 7) is 0. The Labute approximate surface area is 101 Å². The van der Waals surface area contributed by atoms with E-state index in [2.05, 4.69) is 17.4 Å². The van der Waals surface area contributed by atoms with E-state index in [-0.39, 0.29) is 6.04 Å². The maximum Gasteiger partial charge on any atom is 0.121 e. The van der Waals surface area contributed by atoms with Crippen molar-refractivity contribution < 1.29 is 9.15 Å². The third-order valence-electron chi connectivity index (χ3n) is 2.83. The smallest absolute Gasteiger partial charge is 0.121 e. The van der Waals surface area contributed by atoms with Crippen LogP contribution in [0.15, 0.2) is 47.1 Å². The number of hydrogen-bond acceptors (Lipinski definition) is 3. The number of methoxy groups -OCH3 is 1. The van der Waals surface area contributed by atoms with Gasteiger partial charge in [-0.2, -0.15) is 0 Å². The Balaban J connectivity index is 2.07. The van der Waals surface area contributed by atoms with E-state index in [0.717, 1.165) is 17.9 Å². The molecule has 0 amide bonds. The van der Waals surface area contributed by atoms with E-state index in [0.29, 0.717) is 0 Å². The molecule has 0 saturated carbocycles. The Morgan fingerprint density at radius 2 is 2.00 bits per heavy atom. The van der Waals surface area contributed by atoms with Gasteiger partial charge in [0.25, 0.3) is 0 Å². The first kappa shape index (κ1) is 11.7. The van der Waals surface area contributed by atoms with E-state index >= 15 is 0 Å². The van der Waals surface area contributed by atoms with Crippen molar-refractivity contribution in [2.45, 2.75) is 12.5 Å². The predicted octanol–water partition coefficient (Wildman–Crippen LogP) is 2.79. The Morgan fingerprint density at radius 3 is 2.53 bits per heavy atom. The number of likely N-dealkylation sites (N-methyl/N-ethyl adjacent to an activating group) is 1. The van der Waals surface area contributed by atoms with Crippen LogP contribution in [0.5, 0.6) is 5.75 Å². The maximum atomic E-state index is 5.42. The Morgan fingerprint density at radius 1 is 1.24 bits per heavy atom. The molecule has 2 aromatic rings. The summed E-state index contributed by atoms with van der Waals surface area (Å²) >= 11 is 0. The summed E-state index contributed by atoms with van der Waals surface area (Å²) in [5, 5.41) is 3.26. The summed E-state index contributed by atoms with van der Waals surface area (Å²) in [6.07, 6.45) is 2.60. The lowest BCUT2D eigenvalue weighted by atomic mass is 10.0. The monoisotopic (exact) mass is 231 g/mol. The van der Waals surface area contributed by atoms with E-state index < -0.39 is 0 Å². The molecule has 0 bridgehead atoms. The minimum Gasteiger partial charge on any atom is -0.497 e. The first-order valence-corrected chi connectivity index (χ1v) is 5.67. The summed E-state index contributed by atoms with van der Waals surface area (Å²) < 4.78 is 10.6. The van der Waals surface area contributed by atoms with Crippen LogP contribution < -0.4 is 10.1 Å². The topological polar surface area (TPSA) is 34.4 Å². The van der Waals surface area contributed by atoms with Crippen LogP contribution in [-0.4, -0.2) is 14.2 Å². The van der Waals surface area contributed by atoms with Crippen LogP contribution in [0, 0.1) is 0 Å². The summed E-state index contributed by atoms with van der Waals surface area (Å²) in [4.78, 5) is 0. The van der Waals surface area contributed by atoms with E-state index in [1.807, 2.05) is 31.3 Å². The summed E-state index contributed by atoms with van der Waals surface area (Å²) in [6, 6.07) is 12.2. The molecule has 90 valence electrons. The van der Waals surface area contributed by atoms with Crippen molar-refractivity contribution in [3.63, 3.8) is 0 Å². The highest BCUT2D eigenvalue weighted by molar-refractivity contribution is 5.28. The van der Waals surface area contributed by atoms with Gasteiger partial charge >= 0.3 is 0 Å². The van der Waals surface area contributed by atoms with Crippen LogP contribution in [0.2, 0.25) is 0 Å². The Bertz CT molecular complexity index is 434. The average Bonchev–Trinajstić information content (AvgIpc) is 2.90. The van der Waals surface area contributed by atoms with Gasteiger partial charge in [0.2, 0.25) is 0 Å². The number of hydrogen-bond donors (Lipinski definition) is 1. The molecule has 2 rings (SSSR count). The second kappa shape index (κ2) is 5.55. The normalized spacial score (nSPS) is 12.4. The largest absolute Gasteiger partial charge is 0.497 e. The second-order valence-electron chi connectivity index (χ2n) is 3.91. The van der Waals surface area contributed by atoms with Gasteiger partial charge in [0.1, 0.15) is 11.5 Å². The maximum absolute atomic E-state index is 5.42. The first-order chi connectivity index (χ1) is 8.33. The molecule has 0 radical (unpaired) electrons. The molecular weight excluding hydrogens is 214 g/mol. The highest BCUT2D eigenvalue weighted by Crippen LogP contribution is 2.20. The van der Waals surface area contributed by atoms with Crippen molar-refractivity contribution >= 4 is 0 Å². The van der Waals surface area contributed by atoms with Gasteiger partial charge in [-0.1, -0.05) is 12.1 Å². The number of ether oxygens (including phenoxy) is 1. The standard InChI is InChI=1S/C14H17NO2/c1-15-13(14-4-3-9-17-14)10-11-5-7-12(16-2)8-6-11/h3-9,13,15H,10H2,1-2H3. The minimum absolute atomic E-state index is 0.207. The van der Waals surface area contributed by atoms with Crippen molar-refractivity contribution in [2.24, 2.45) is 0 Å². The quantitative estimate of drug-likeness (QED) is 0.859. The molecule has 1 atom stereocenters. The van der Waals surface area contributed by atoms with Crippen LogP contribution in [0.1, 0.15) is 17.4 Å². The van der Waals surface area contributed by atoms with Crippen molar-refractivity contribution in [1.29, 1.82) is 0 Å². The fourth-order valence-electron chi connectivity index (χ4n) is 1.83. The van der Waals surface area contributed by atoms with Crippen LogP contribution in [-0.2, 0) is 6.42 Å². The van der Waals surface area contributed by atoms with Gasteiger partial charge < -0.3 is 14.5 Å². The molecule has 0 aliphatic carbocycles. The summed E-state index contributed by atoms with van der Waals surface area (Å²) in [7, 11) is 3.62. The fraction of sp³-hybridized carbons (Fsp3) is 0.286. The molecule has 3 nitrogen and oxygen atoms in total. The van der Waals surface area contributed by atoms with Gasteiger partial charge in [0.05, 0.1) is 19.4 Å². The first-order valence-electron chi connectivity index (χ1n) is 5.67. The zero-order valence-electron chi connectivity index (χ0n) is 10.1. The predicted molar refractivity (Wildman–Crippen MR) is 67.2 cm³/mol. The molecule has 1 N–H and O–H groups in total. The molecule has 1 unspecified atom stereocenters. The van der Waals surface area contributed by atoms with Crippen molar-refractivity contribution in [1.82, 2.24) is 5.32 Å². The Kier molecular flexibility index (Phi) is 3.83. The lowest BCUT2D eigenvalue weighted by Gasteiger charge is -2.13. The molecule has 0 fully saturated rings. The number of furan rings is 1. The molecule has 3 heteroatoms. The van der Waals surface area contributed by atoms with Gasteiger partial charge in [-0.3, -0.25) is 0 Å². The molecule has 1 aromatic heterocycles. The lowest BCUT2D eigenvalue weighted by molar-refractivity contribution is 0.413. The van der Waals surface area contributed by atoms with Gasteiger partial charge in [-0.05, 0) is 43.3 Å². The molecule has 0 aliphatic heterocycles. The highest BCUT2D eigenvalue weighted by atomic mass is 16.5. The average molecular weight is 231 g/mol. The summed E-state index contributed by atoms with van der Waals surface area (Å²) in [5.74, 6) is 1.84. The zero-order chi connectivity index (χ0) is 12.1. The van der Waals surface area contributed by atoms with E-state index in [1.54, 1.807) is 13.4 Å². The molecule has 17 heavy (non-hydrogen) atoms. The number of rotatable bonds is 5. The van der Waals surface area contributed by atoms with Crippen molar-refractivity contribution in [3.8, 4) is 5.75 Å². The molecule has 1 heterocycles. The van der Waals surface area contributed by atoms with Crippen LogP contribution in [0.4, 0.5) is 0 Å². The molecule has 0 saturated heterocycles. The van der Waals surface area contributed by atoms with Gasteiger partial charge in [0, 0.05) is 0 Å². The van der Waals surface area contributed by atoms with Gasteiger partial charge in [-0.15, -0.1) is 0 Å². The Hall–Kier alpha value is -1.74. The molecule has 1 aromatic carbocycles. The molecule has 0 aliphatic rings. The van der Waals surface area contributed by atoms with E-state index in [4.69, 9.17) is 9.15 Å². The highest BCUT2D eigenvalue weighted by Gasteiger charge is 2.12. The second-order valence-corrected chi connectivity index (χ2v) is 3.91. The lowest BCUT2D eigenvalue weighted by Crippen LogP contribution is -2.18. The third kappa shape index (κ3) is 2.88. The van der Waals surface area contributed by atoms with Crippen molar-refractivity contribution in [2.75, 3.05) is 14.2 Å². The zero-order valence-corrected chi connectivity index (χ0v) is 10.1. The third-order valence-corrected chi connectivity index (χ3v) is 2.83. The SMILES string of the molecule is CNC(Cc1ccc(OC)cc1)c1ccco1.